The third-order valence-corrected chi connectivity index (χ3v) is 3.63. The van der Waals surface area contributed by atoms with Crippen molar-refractivity contribution in [1.29, 1.82) is 0 Å². The summed E-state index contributed by atoms with van der Waals surface area (Å²) in [6.07, 6.45) is 0.963. The van der Waals surface area contributed by atoms with Gasteiger partial charge in [-0.25, -0.2) is 0 Å². The van der Waals surface area contributed by atoms with Crippen LogP contribution < -0.4 is 5.32 Å². The number of rotatable bonds is 4. The molecule has 0 saturated heterocycles. The van der Waals surface area contributed by atoms with Crippen LogP contribution in [0.5, 0.6) is 0 Å². The van der Waals surface area contributed by atoms with Gasteiger partial charge >= 0.3 is 120 Å². The van der Waals surface area contributed by atoms with Gasteiger partial charge in [-0.1, -0.05) is 0 Å². The number of hydrogen-bond acceptors (Lipinski definition) is 1. The number of anilines is 1. The summed E-state index contributed by atoms with van der Waals surface area (Å²) >= 11 is 0. The average Bonchev–Trinajstić information content (AvgIpc) is 2.49. The molecular formula is C17H18BFN. The number of benzene rings is 2. The van der Waals surface area contributed by atoms with E-state index in [9.17, 15) is 4.39 Å². The maximum atomic E-state index is 13.9. The van der Waals surface area contributed by atoms with E-state index in [0.29, 0.717) is 5.56 Å². The monoisotopic (exact) mass is 266 g/mol. The molecule has 0 aliphatic heterocycles. The quantitative estimate of drug-likeness (QED) is 0.831. The first-order valence-corrected chi connectivity index (χ1v) is 6.77. The van der Waals surface area contributed by atoms with Crippen LogP contribution in [0.3, 0.4) is 0 Å². The summed E-state index contributed by atoms with van der Waals surface area (Å²) in [6.45, 7) is 3.87. The van der Waals surface area contributed by atoms with Gasteiger partial charge in [0.05, 0.1) is 0 Å². The number of hydrogen-bond donors (Lipinski definition) is 1. The van der Waals surface area contributed by atoms with Gasteiger partial charge in [0.2, 0.25) is 0 Å². The van der Waals surface area contributed by atoms with E-state index in [4.69, 9.17) is 7.49 Å². The Morgan fingerprint density at radius 1 is 1.30 bits per heavy atom. The van der Waals surface area contributed by atoms with Gasteiger partial charge in [0.25, 0.3) is 0 Å². The van der Waals surface area contributed by atoms with Crippen LogP contribution in [0, 0.1) is 12.7 Å². The molecule has 0 unspecified atom stereocenters. The molecule has 1 N–H and O–H groups in total. The standard InChI is InChI=1S/C17H18BFN/c1-4-12-6-5-7-13(8-12)17-14(10-18)11(2)15(19)9-16(17)20-3/h5-10,20H,4H2,1-3H3. The van der Waals surface area contributed by atoms with E-state index < -0.39 is 0 Å². The molecule has 101 valence electrons. The average molecular weight is 266 g/mol. The Kier molecular flexibility index (Phi) is 4.38. The van der Waals surface area contributed by atoms with Crippen LogP contribution in [0.25, 0.3) is 11.1 Å². The number of nitrogens with one attached hydrogen (secondary N) is 1. The Balaban J connectivity index is 2.77. The normalized spacial score (nSPS) is 10.3. The van der Waals surface area contributed by atoms with Gasteiger partial charge in [0.1, 0.15) is 0 Å². The summed E-state index contributed by atoms with van der Waals surface area (Å²) in [5.41, 5.74) is 5.30. The maximum absolute atomic E-state index is 13.9. The van der Waals surface area contributed by atoms with Crippen molar-refractivity contribution < 1.29 is 4.39 Å². The van der Waals surface area contributed by atoms with Crippen molar-refractivity contribution in [1.82, 2.24) is 0 Å². The van der Waals surface area contributed by atoms with Gasteiger partial charge in [0.15, 0.2) is 0 Å². The second kappa shape index (κ2) is 6.04. The molecule has 0 heterocycles. The topological polar surface area (TPSA) is 12.0 Å². The molecule has 2 aromatic carbocycles. The van der Waals surface area contributed by atoms with E-state index in [-0.39, 0.29) is 5.82 Å². The first-order valence-electron chi connectivity index (χ1n) is 6.77. The van der Waals surface area contributed by atoms with Crippen molar-refractivity contribution in [3.8, 4) is 11.1 Å². The van der Waals surface area contributed by atoms with Crippen LogP contribution in [0.2, 0.25) is 0 Å². The molecule has 0 saturated carbocycles. The molecule has 3 heteroatoms. The van der Waals surface area contributed by atoms with Crippen molar-refractivity contribution in [2.24, 2.45) is 0 Å². The zero-order valence-electron chi connectivity index (χ0n) is 12.1. The predicted molar refractivity (Wildman–Crippen MR) is 86.4 cm³/mol. The van der Waals surface area contributed by atoms with Gasteiger partial charge in [-0.05, 0) is 0 Å². The van der Waals surface area contributed by atoms with Crippen LogP contribution in [-0.4, -0.2) is 20.5 Å². The fraction of sp³-hybridized carbons (Fsp3) is 0.235. The molecule has 1 radical (unpaired) electrons. The Hall–Kier alpha value is -1.90. The minimum atomic E-state index is -0.249. The molecule has 0 amide bonds. The van der Waals surface area contributed by atoms with Gasteiger partial charge in [0, 0.05) is 0 Å². The fourth-order valence-corrected chi connectivity index (χ4v) is 2.43. The summed E-state index contributed by atoms with van der Waals surface area (Å²) in [6, 6.07) is 9.79. The van der Waals surface area contributed by atoms with E-state index in [1.807, 2.05) is 12.1 Å². The second-order valence-electron chi connectivity index (χ2n) is 4.79. The minimum absolute atomic E-state index is 0.249. The van der Waals surface area contributed by atoms with Crippen LogP contribution >= 0.6 is 0 Å². The van der Waals surface area contributed by atoms with Crippen molar-refractivity contribution >= 4 is 19.1 Å². The van der Waals surface area contributed by atoms with Crippen molar-refractivity contribution in [2.45, 2.75) is 20.3 Å². The van der Waals surface area contributed by atoms with Crippen LogP contribution in [0.15, 0.2) is 30.3 Å². The van der Waals surface area contributed by atoms with Crippen LogP contribution in [0.1, 0.15) is 23.6 Å². The Morgan fingerprint density at radius 3 is 2.65 bits per heavy atom. The summed E-state index contributed by atoms with van der Waals surface area (Å²) < 4.78 is 13.9. The molecule has 0 spiro atoms. The van der Waals surface area contributed by atoms with Crippen LogP contribution in [-0.2, 0) is 6.42 Å². The molecule has 0 atom stereocenters. The van der Waals surface area contributed by atoms with Crippen molar-refractivity contribution in [3.05, 3.63) is 52.8 Å². The van der Waals surface area contributed by atoms with Gasteiger partial charge in [-0.2, -0.15) is 0 Å². The Labute approximate surface area is 120 Å². The summed E-state index contributed by atoms with van der Waals surface area (Å²) in [5.74, 6) is 1.23. The molecule has 0 aliphatic rings. The SMILES string of the molecule is [B]=Cc1c(C)c(F)cc(NC)c1-c1cccc(CC)c1. The molecular weight excluding hydrogens is 248 g/mol. The fourth-order valence-electron chi connectivity index (χ4n) is 2.43. The first kappa shape index (κ1) is 14.5. The van der Waals surface area contributed by atoms with E-state index in [1.54, 1.807) is 14.0 Å². The summed E-state index contributed by atoms with van der Waals surface area (Å²) in [5, 5.41) is 3.06. The van der Waals surface area contributed by atoms with Crippen LogP contribution in [0.4, 0.5) is 10.1 Å². The molecule has 20 heavy (non-hydrogen) atoms. The predicted octanol–water partition coefficient (Wildman–Crippen LogP) is 3.72. The molecule has 2 aromatic rings. The third kappa shape index (κ3) is 2.53. The summed E-state index contributed by atoms with van der Waals surface area (Å²) in [7, 11) is 7.52. The third-order valence-electron chi connectivity index (χ3n) is 3.63. The molecule has 2 rings (SSSR count). The van der Waals surface area contributed by atoms with E-state index in [1.165, 1.54) is 17.6 Å². The van der Waals surface area contributed by atoms with Crippen molar-refractivity contribution in [3.63, 3.8) is 0 Å². The zero-order chi connectivity index (χ0) is 14.7. The van der Waals surface area contributed by atoms with Gasteiger partial charge in [-0.3, -0.25) is 0 Å². The van der Waals surface area contributed by atoms with Gasteiger partial charge in [-0.15, -0.1) is 0 Å². The van der Waals surface area contributed by atoms with E-state index >= 15 is 0 Å². The zero-order valence-corrected chi connectivity index (χ0v) is 12.1. The molecule has 0 aromatic heterocycles. The Bertz CT molecular complexity index is 650. The number of aryl methyl sites for hydroxylation is 1. The molecule has 0 aliphatic carbocycles. The van der Waals surface area contributed by atoms with E-state index in [2.05, 4.69) is 24.4 Å². The second-order valence-corrected chi connectivity index (χ2v) is 4.79. The first-order chi connectivity index (χ1) is 9.62. The molecule has 1 nitrogen and oxygen atoms in total. The summed E-state index contributed by atoms with van der Waals surface area (Å²) in [4.78, 5) is 0. The number of halogens is 1. The van der Waals surface area contributed by atoms with Crippen molar-refractivity contribution in [2.75, 3.05) is 12.4 Å². The van der Waals surface area contributed by atoms with Gasteiger partial charge < -0.3 is 0 Å². The molecule has 0 fully saturated rings. The molecule has 0 bridgehead atoms. The Morgan fingerprint density at radius 2 is 2.05 bits per heavy atom. The van der Waals surface area contributed by atoms with E-state index in [0.717, 1.165) is 28.8 Å².